The van der Waals surface area contributed by atoms with Gasteiger partial charge in [0.15, 0.2) is 5.75 Å². The number of benzene rings is 2. The second-order valence-corrected chi connectivity index (χ2v) is 6.61. The molecule has 0 radical (unpaired) electrons. The zero-order valence-corrected chi connectivity index (χ0v) is 16.0. The second kappa shape index (κ2) is 9.88. The average molecular weight is 423 g/mol. The molecule has 134 valence electrons. The van der Waals surface area contributed by atoms with E-state index in [-0.39, 0.29) is 17.7 Å². The van der Waals surface area contributed by atoms with Crippen molar-refractivity contribution in [3.05, 3.63) is 57.0 Å². The first kappa shape index (κ1) is 19.9. The minimum Gasteiger partial charge on any atom is -0.490 e. The fraction of sp³-hybridized carbons (Fsp3) is 0.176. The van der Waals surface area contributed by atoms with E-state index < -0.39 is 0 Å². The predicted octanol–water partition coefficient (Wildman–Crippen LogP) is 5.73. The van der Waals surface area contributed by atoms with E-state index in [2.05, 4.69) is 0 Å². The molecule has 0 unspecified atom stereocenters. The molecular formula is C17H15Cl4NO3. The Kier molecular flexibility index (Phi) is 7.85. The van der Waals surface area contributed by atoms with Crippen molar-refractivity contribution in [1.29, 1.82) is 0 Å². The summed E-state index contributed by atoms with van der Waals surface area (Å²) in [5.41, 5.74) is 6.29. The van der Waals surface area contributed by atoms with Gasteiger partial charge in [-0.3, -0.25) is 0 Å². The van der Waals surface area contributed by atoms with Crippen LogP contribution in [0.5, 0.6) is 17.2 Å². The molecule has 4 nitrogen and oxygen atoms in total. The standard InChI is InChI=1S/C17H15Cl4NO3/c18-14-9-13(23-6-5-16(20)21)10-15(19)17(14)25-8-7-24-12-3-1-11(22)2-4-12/h1-5,9-10H,6-8,22H2. The third kappa shape index (κ3) is 6.75. The van der Waals surface area contributed by atoms with Crippen molar-refractivity contribution in [3.63, 3.8) is 0 Å². The number of halogens is 4. The highest BCUT2D eigenvalue weighted by Gasteiger charge is 2.10. The van der Waals surface area contributed by atoms with E-state index in [4.69, 9.17) is 66.3 Å². The normalized spacial score (nSPS) is 10.2. The van der Waals surface area contributed by atoms with E-state index in [1.807, 2.05) is 0 Å². The average Bonchev–Trinajstić information content (AvgIpc) is 2.55. The lowest BCUT2D eigenvalue weighted by molar-refractivity contribution is 0.217. The van der Waals surface area contributed by atoms with Crippen LogP contribution in [0.4, 0.5) is 5.69 Å². The summed E-state index contributed by atoms with van der Waals surface area (Å²) in [7, 11) is 0. The van der Waals surface area contributed by atoms with Gasteiger partial charge in [-0.05, 0) is 30.3 Å². The summed E-state index contributed by atoms with van der Waals surface area (Å²) in [4.78, 5) is 0. The third-order valence-electron chi connectivity index (χ3n) is 2.94. The molecular weight excluding hydrogens is 408 g/mol. The molecule has 2 aromatic carbocycles. The Labute approximate surface area is 166 Å². The Morgan fingerprint density at radius 3 is 2.08 bits per heavy atom. The van der Waals surface area contributed by atoms with Crippen molar-refractivity contribution in [2.24, 2.45) is 0 Å². The topological polar surface area (TPSA) is 53.7 Å². The Hall–Kier alpha value is -1.46. The summed E-state index contributed by atoms with van der Waals surface area (Å²) in [5, 5.41) is 0.659. The van der Waals surface area contributed by atoms with Gasteiger partial charge >= 0.3 is 0 Å². The zero-order valence-electron chi connectivity index (χ0n) is 13.0. The predicted molar refractivity (Wildman–Crippen MR) is 104 cm³/mol. The van der Waals surface area contributed by atoms with Gasteiger partial charge in [0.2, 0.25) is 0 Å². The number of hydrogen-bond acceptors (Lipinski definition) is 4. The van der Waals surface area contributed by atoms with E-state index in [0.717, 1.165) is 0 Å². The molecule has 0 saturated carbocycles. The van der Waals surface area contributed by atoms with Gasteiger partial charge in [0, 0.05) is 17.8 Å². The Morgan fingerprint density at radius 1 is 0.880 bits per heavy atom. The Morgan fingerprint density at radius 2 is 1.48 bits per heavy atom. The largest absolute Gasteiger partial charge is 0.490 e. The monoisotopic (exact) mass is 421 g/mol. The van der Waals surface area contributed by atoms with Gasteiger partial charge in [-0.25, -0.2) is 0 Å². The smallest absolute Gasteiger partial charge is 0.156 e. The Balaban J connectivity index is 1.86. The maximum atomic E-state index is 6.18. The highest BCUT2D eigenvalue weighted by Crippen LogP contribution is 2.37. The van der Waals surface area contributed by atoms with E-state index in [0.29, 0.717) is 39.6 Å². The first-order valence-electron chi connectivity index (χ1n) is 7.20. The van der Waals surface area contributed by atoms with Crippen molar-refractivity contribution in [2.75, 3.05) is 25.6 Å². The molecule has 0 fully saturated rings. The number of hydrogen-bond donors (Lipinski definition) is 1. The second-order valence-electron chi connectivity index (χ2n) is 4.79. The molecule has 0 atom stereocenters. The molecule has 0 aliphatic carbocycles. The molecule has 0 aromatic heterocycles. The molecule has 0 bridgehead atoms. The quantitative estimate of drug-likeness (QED) is 0.435. The van der Waals surface area contributed by atoms with Crippen molar-refractivity contribution < 1.29 is 14.2 Å². The maximum Gasteiger partial charge on any atom is 0.156 e. The van der Waals surface area contributed by atoms with Gasteiger partial charge in [-0.1, -0.05) is 46.4 Å². The molecule has 8 heteroatoms. The molecule has 2 rings (SSSR count). The van der Waals surface area contributed by atoms with Crippen LogP contribution < -0.4 is 19.9 Å². The van der Waals surface area contributed by atoms with Crippen molar-refractivity contribution >= 4 is 52.1 Å². The lowest BCUT2D eigenvalue weighted by Crippen LogP contribution is -2.09. The molecule has 0 spiro atoms. The summed E-state index contributed by atoms with van der Waals surface area (Å²) in [6, 6.07) is 10.3. The molecule has 25 heavy (non-hydrogen) atoms. The molecule has 0 saturated heterocycles. The van der Waals surface area contributed by atoms with Gasteiger partial charge in [0.25, 0.3) is 0 Å². The fourth-order valence-corrected chi connectivity index (χ4v) is 2.53. The van der Waals surface area contributed by atoms with E-state index in [9.17, 15) is 0 Å². The van der Waals surface area contributed by atoms with Gasteiger partial charge in [-0.15, -0.1) is 0 Å². The lowest BCUT2D eigenvalue weighted by atomic mass is 10.3. The van der Waals surface area contributed by atoms with Crippen molar-refractivity contribution in [1.82, 2.24) is 0 Å². The summed E-state index contributed by atoms with van der Waals surface area (Å²) in [5.74, 6) is 1.54. The maximum absolute atomic E-state index is 6.18. The highest BCUT2D eigenvalue weighted by atomic mass is 35.5. The minimum absolute atomic E-state index is 0.123. The van der Waals surface area contributed by atoms with Crippen LogP contribution in [-0.2, 0) is 0 Å². The van der Waals surface area contributed by atoms with Crippen LogP contribution in [0.2, 0.25) is 10.0 Å². The fourth-order valence-electron chi connectivity index (χ4n) is 1.83. The zero-order chi connectivity index (χ0) is 18.2. The summed E-state index contributed by atoms with van der Waals surface area (Å²) in [6.07, 6.45) is 1.50. The number of anilines is 1. The van der Waals surface area contributed by atoms with Gasteiger partial charge < -0.3 is 19.9 Å². The van der Waals surface area contributed by atoms with Crippen LogP contribution in [0.3, 0.4) is 0 Å². The first-order chi connectivity index (χ1) is 12.0. The van der Waals surface area contributed by atoms with Crippen LogP contribution in [0, 0.1) is 0 Å². The van der Waals surface area contributed by atoms with E-state index in [1.54, 1.807) is 36.4 Å². The van der Waals surface area contributed by atoms with Gasteiger partial charge in [0.05, 0.1) is 10.0 Å². The lowest BCUT2D eigenvalue weighted by Gasteiger charge is -2.13. The number of ether oxygens (including phenoxy) is 3. The molecule has 0 amide bonds. The highest BCUT2D eigenvalue weighted by molar-refractivity contribution is 6.55. The molecule has 0 aliphatic rings. The molecule has 0 aliphatic heterocycles. The minimum atomic E-state index is 0.123. The van der Waals surface area contributed by atoms with Crippen LogP contribution in [-0.4, -0.2) is 19.8 Å². The van der Waals surface area contributed by atoms with Crippen LogP contribution in [0.25, 0.3) is 0 Å². The summed E-state index contributed by atoms with van der Waals surface area (Å²) >= 11 is 23.4. The molecule has 2 N–H and O–H groups in total. The number of nitrogen functional groups attached to an aromatic ring is 1. The van der Waals surface area contributed by atoms with Crippen LogP contribution in [0.1, 0.15) is 0 Å². The Bertz CT molecular complexity index is 708. The van der Waals surface area contributed by atoms with E-state index in [1.165, 1.54) is 6.08 Å². The van der Waals surface area contributed by atoms with Crippen LogP contribution >= 0.6 is 46.4 Å². The van der Waals surface area contributed by atoms with Gasteiger partial charge in [-0.2, -0.15) is 0 Å². The summed E-state index contributed by atoms with van der Waals surface area (Å²) in [6.45, 7) is 0.799. The number of rotatable bonds is 8. The molecule has 2 aromatic rings. The van der Waals surface area contributed by atoms with E-state index >= 15 is 0 Å². The molecule has 0 heterocycles. The first-order valence-corrected chi connectivity index (χ1v) is 8.71. The third-order valence-corrected chi connectivity index (χ3v) is 3.81. The van der Waals surface area contributed by atoms with Crippen LogP contribution in [0.15, 0.2) is 47.0 Å². The summed E-state index contributed by atoms with van der Waals surface area (Å²) < 4.78 is 16.7. The van der Waals surface area contributed by atoms with Gasteiger partial charge in [0.1, 0.15) is 35.8 Å². The number of nitrogens with two attached hydrogens (primary N) is 1. The van der Waals surface area contributed by atoms with Crippen molar-refractivity contribution in [2.45, 2.75) is 0 Å². The van der Waals surface area contributed by atoms with Crippen molar-refractivity contribution in [3.8, 4) is 17.2 Å². The SMILES string of the molecule is Nc1ccc(OCCOc2c(Cl)cc(OCC=C(Cl)Cl)cc2Cl)cc1.